The quantitative estimate of drug-likeness (QED) is 0.126. The van der Waals surface area contributed by atoms with E-state index in [4.69, 9.17) is 15.6 Å². The molecule has 0 aliphatic rings. The predicted molar refractivity (Wildman–Crippen MR) is 115 cm³/mol. The largest absolute Gasteiger partial charge is 0.480 e. The minimum atomic E-state index is -1.74. The Bertz CT molecular complexity index is 498. The van der Waals surface area contributed by atoms with E-state index < -0.39 is 36.3 Å². The van der Waals surface area contributed by atoms with Gasteiger partial charge in [0.1, 0.15) is 18.2 Å². The molecule has 0 saturated heterocycles. The summed E-state index contributed by atoms with van der Waals surface area (Å²) >= 11 is 0. The Balaban J connectivity index is 4.13. The molecule has 0 rings (SSSR count). The monoisotopic (exact) mass is 431 g/mol. The molecule has 0 aromatic rings. The highest BCUT2D eigenvalue weighted by atomic mass is 16.6. The lowest BCUT2D eigenvalue weighted by molar-refractivity contribution is -0.164. The first-order valence-corrected chi connectivity index (χ1v) is 11.1. The lowest BCUT2D eigenvalue weighted by atomic mass is 10.00. The van der Waals surface area contributed by atoms with Crippen LogP contribution in [-0.2, 0) is 14.3 Å². The molecule has 0 aromatic heterocycles. The number of rotatable bonds is 18. The van der Waals surface area contributed by atoms with Crippen LogP contribution in [0.5, 0.6) is 0 Å². The second-order valence-electron chi connectivity index (χ2n) is 7.84. The minimum absolute atomic E-state index is 0.210. The number of esters is 1. The summed E-state index contributed by atoms with van der Waals surface area (Å²) in [7, 11) is 0. The molecule has 0 heterocycles. The number of aliphatic carboxylic acids is 1. The fourth-order valence-corrected chi connectivity index (χ4v) is 3.18. The summed E-state index contributed by atoms with van der Waals surface area (Å²) in [4.78, 5) is 22.1. The zero-order chi connectivity index (χ0) is 22.9. The van der Waals surface area contributed by atoms with Crippen molar-refractivity contribution in [2.75, 3.05) is 0 Å². The van der Waals surface area contributed by atoms with Crippen molar-refractivity contribution in [3.05, 3.63) is 12.2 Å². The minimum Gasteiger partial charge on any atom is -0.480 e. The number of ether oxygens (including phenoxy) is 1. The highest BCUT2D eigenvalue weighted by Crippen LogP contribution is 2.14. The molecule has 0 amide bonds. The van der Waals surface area contributed by atoms with Crippen molar-refractivity contribution in [2.24, 2.45) is 5.73 Å². The van der Waals surface area contributed by atoms with Crippen molar-refractivity contribution in [1.29, 1.82) is 0 Å². The molecule has 0 aliphatic carbocycles. The maximum atomic E-state index is 11.2. The molecule has 176 valence electrons. The summed E-state index contributed by atoms with van der Waals surface area (Å²) < 4.78 is 4.86. The summed E-state index contributed by atoms with van der Waals surface area (Å²) in [6.07, 6.45) is 9.29. The third-order valence-corrected chi connectivity index (χ3v) is 5.01. The highest BCUT2D eigenvalue weighted by molar-refractivity contribution is 5.74. The van der Waals surface area contributed by atoms with Crippen molar-refractivity contribution in [3.8, 4) is 0 Å². The van der Waals surface area contributed by atoms with Crippen LogP contribution in [0, 0.1) is 0 Å². The molecule has 0 aliphatic heterocycles. The van der Waals surface area contributed by atoms with Crippen LogP contribution in [-0.4, -0.2) is 62.8 Å². The van der Waals surface area contributed by atoms with Gasteiger partial charge in [0.05, 0.1) is 6.10 Å². The number of allylic oxidation sites excluding steroid dienone is 1. The van der Waals surface area contributed by atoms with E-state index in [1.807, 2.05) is 0 Å². The first kappa shape index (κ1) is 28.5. The number of unbranched alkanes of at least 4 members (excludes halogenated alkanes) is 7. The fourth-order valence-electron chi connectivity index (χ4n) is 3.18. The van der Waals surface area contributed by atoms with Gasteiger partial charge in [0, 0.05) is 6.92 Å². The summed E-state index contributed by atoms with van der Waals surface area (Å²) in [5.74, 6) is -2.21. The summed E-state index contributed by atoms with van der Waals surface area (Å²) in [6.45, 7) is 3.27. The zero-order valence-corrected chi connectivity index (χ0v) is 18.4. The van der Waals surface area contributed by atoms with E-state index in [1.165, 1.54) is 25.3 Å². The van der Waals surface area contributed by atoms with Crippen LogP contribution < -0.4 is 5.73 Å². The molecule has 8 nitrogen and oxygen atoms in total. The van der Waals surface area contributed by atoms with Crippen molar-refractivity contribution in [3.63, 3.8) is 0 Å². The molecule has 0 bridgehead atoms. The number of carbonyl (C=O) groups excluding carboxylic acids is 1. The summed E-state index contributed by atoms with van der Waals surface area (Å²) in [6, 6.07) is -1.68. The van der Waals surface area contributed by atoms with Crippen LogP contribution in [0.3, 0.4) is 0 Å². The van der Waals surface area contributed by atoms with Crippen LogP contribution in [0.2, 0.25) is 0 Å². The number of hydrogen-bond acceptors (Lipinski definition) is 7. The van der Waals surface area contributed by atoms with Gasteiger partial charge >= 0.3 is 11.9 Å². The lowest BCUT2D eigenvalue weighted by Gasteiger charge is -2.27. The van der Waals surface area contributed by atoms with Gasteiger partial charge in [-0.25, -0.2) is 0 Å². The van der Waals surface area contributed by atoms with Crippen LogP contribution >= 0.6 is 0 Å². The Hall–Kier alpha value is -1.48. The normalized spacial score (nSPS) is 16.7. The van der Waals surface area contributed by atoms with Gasteiger partial charge in [0.2, 0.25) is 0 Å². The smallest absolute Gasteiger partial charge is 0.323 e. The number of carboxylic acid groups (broad SMARTS) is 1. The third kappa shape index (κ3) is 13.7. The van der Waals surface area contributed by atoms with E-state index in [9.17, 15) is 24.9 Å². The highest BCUT2D eigenvalue weighted by Gasteiger charge is 2.36. The van der Waals surface area contributed by atoms with E-state index in [1.54, 1.807) is 6.08 Å². The van der Waals surface area contributed by atoms with Crippen molar-refractivity contribution >= 4 is 11.9 Å². The number of carbonyl (C=O) groups is 2. The van der Waals surface area contributed by atoms with Gasteiger partial charge in [-0.2, -0.15) is 0 Å². The Kier molecular flexibility index (Phi) is 16.4. The zero-order valence-electron chi connectivity index (χ0n) is 18.4. The molecular weight excluding hydrogens is 390 g/mol. The molecule has 5 atom stereocenters. The second kappa shape index (κ2) is 17.2. The predicted octanol–water partition coefficient (Wildman–Crippen LogP) is 2.28. The molecular formula is C22H41NO7. The lowest BCUT2D eigenvalue weighted by Crippen LogP contribution is -2.53. The second-order valence-corrected chi connectivity index (χ2v) is 7.84. The van der Waals surface area contributed by atoms with Crippen LogP contribution in [0.4, 0.5) is 0 Å². The third-order valence-electron chi connectivity index (χ3n) is 5.01. The Morgan fingerprint density at radius 3 is 2.07 bits per heavy atom. The average molecular weight is 432 g/mol. The first-order valence-electron chi connectivity index (χ1n) is 11.1. The molecule has 0 fully saturated rings. The van der Waals surface area contributed by atoms with Gasteiger partial charge in [0.25, 0.3) is 0 Å². The molecule has 5 unspecified atom stereocenters. The molecule has 30 heavy (non-hydrogen) atoms. The van der Waals surface area contributed by atoms with E-state index in [0.717, 1.165) is 51.9 Å². The van der Waals surface area contributed by atoms with Gasteiger partial charge in [-0.3, -0.25) is 9.59 Å². The van der Waals surface area contributed by atoms with Crippen LogP contribution in [0.15, 0.2) is 12.2 Å². The van der Waals surface area contributed by atoms with E-state index >= 15 is 0 Å². The standard InChI is InChI=1S/C22H41NO7/c1-3-4-5-10-13-17(25)14-11-8-6-7-9-12-15-18(26)21(30-16(2)24)20(27)19(23)22(28)29/h12,15,17-21,25-27H,3-11,13-14,23H2,1-2H3,(H,28,29)/b15-12+. The van der Waals surface area contributed by atoms with E-state index in [-0.39, 0.29) is 6.10 Å². The maximum absolute atomic E-state index is 11.2. The first-order chi connectivity index (χ1) is 14.2. The Morgan fingerprint density at radius 2 is 1.53 bits per heavy atom. The van der Waals surface area contributed by atoms with Gasteiger partial charge < -0.3 is 30.9 Å². The number of aliphatic hydroxyl groups excluding tert-OH is 3. The molecule has 8 heteroatoms. The topological polar surface area (TPSA) is 150 Å². The van der Waals surface area contributed by atoms with Crippen molar-refractivity contribution < 1.29 is 34.8 Å². The SMILES string of the molecule is CCCCCCC(O)CCCCCC/C=C/C(O)C(OC(C)=O)C(O)C(N)C(=O)O. The Morgan fingerprint density at radius 1 is 0.967 bits per heavy atom. The van der Waals surface area contributed by atoms with E-state index in [0.29, 0.717) is 6.42 Å². The molecule has 0 saturated carbocycles. The van der Waals surface area contributed by atoms with E-state index in [2.05, 4.69) is 6.92 Å². The van der Waals surface area contributed by atoms with Gasteiger partial charge in [-0.15, -0.1) is 0 Å². The van der Waals surface area contributed by atoms with Gasteiger partial charge in [-0.1, -0.05) is 64.0 Å². The number of aliphatic hydroxyl groups is 3. The number of carboxylic acids is 1. The molecule has 0 aromatic carbocycles. The molecule has 0 radical (unpaired) electrons. The van der Waals surface area contributed by atoms with Crippen LogP contribution in [0.1, 0.15) is 84.5 Å². The van der Waals surface area contributed by atoms with Gasteiger partial charge in [0.15, 0.2) is 6.10 Å². The van der Waals surface area contributed by atoms with Gasteiger partial charge in [-0.05, 0) is 25.7 Å². The fraction of sp³-hybridized carbons (Fsp3) is 0.818. The Labute approximate surface area is 180 Å². The maximum Gasteiger partial charge on any atom is 0.323 e. The molecule has 0 spiro atoms. The average Bonchev–Trinajstić information content (AvgIpc) is 2.69. The summed E-state index contributed by atoms with van der Waals surface area (Å²) in [5, 5.41) is 39.0. The molecule has 6 N–H and O–H groups in total. The van der Waals surface area contributed by atoms with Crippen LogP contribution in [0.25, 0.3) is 0 Å². The number of hydrogen-bond donors (Lipinski definition) is 5. The van der Waals surface area contributed by atoms with Crippen molar-refractivity contribution in [2.45, 2.75) is 115 Å². The number of nitrogens with two attached hydrogens (primary N) is 1. The van der Waals surface area contributed by atoms with Crippen molar-refractivity contribution in [1.82, 2.24) is 0 Å². The summed E-state index contributed by atoms with van der Waals surface area (Å²) in [5.41, 5.74) is 5.36.